The van der Waals surface area contributed by atoms with Crippen LogP contribution in [0.25, 0.3) is 0 Å². The molecule has 1 aliphatic heterocycles. The number of guanidine groups is 1. The zero-order chi connectivity index (χ0) is 18.2. The molecule has 1 aliphatic rings. The van der Waals surface area contributed by atoms with Crippen molar-refractivity contribution < 1.29 is 0 Å². The van der Waals surface area contributed by atoms with Crippen LogP contribution in [-0.4, -0.2) is 60.5 Å². The molecule has 0 aromatic carbocycles. The van der Waals surface area contributed by atoms with E-state index < -0.39 is 0 Å². The van der Waals surface area contributed by atoms with Crippen LogP contribution >= 0.6 is 11.3 Å². The molecule has 6 heteroatoms. The molecule has 0 saturated carbocycles. The minimum absolute atomic E-state index is 0.803. The maximum absolute atomic E-state index is 4.82. The van der Waals surface area contributed by atoms with E-state index in [1.165, 1.54) is 19.5 Å². The van der Waals surface area contributed by atoms with E-state index in [1.807, 2.05) is 0 Å². The highest BCUT2D eigenvalue weighted by Gasteiger charge is 2.21. The highest BCUT2D eigenvalue weighted by atomic mass is 32.1. The number of nitrogens with zero attached hydrogens (tertiary/aromatic N) is 4. The third-order valence-corrected chi connectivity index (χ3v) is 5.42. The van der Waals surface area contributed by atoms with Gasteiger partial charge in [0.2, 0.25) is 0 Å². The monoisotopic (exact) mass is 365 g/mol. The second-order valence-corrected chi connectivity index (χ2v) is 8.57. The number of hydrogen-bond donors (Lipinski definition) is 1. The Bertz CT molecular complexity index is 532. The van der Waals surface area contributed by atoms with Crippen LogP contribution in [0.3, 0.4) is 0 Å². The van der Waals surface area contributed by atoms with Crippen LogP contribution in [0.4, 0.5) is 0 Å². The van der Waals surface area contributed by atoms with Crippen LogP contribution in [0.5, 0.6) is 0 Å². The molecule has 2 unspecified atom stereocenters. The van der Waals surface area contributed by atoms with Gasteiger partial charge in [-0.2, -0.15) is 0 Å². The van der Waals surface area contributed by atoms with Gasteiger partial charge >= 0.3 is 0 Å². The Morgan fingerprint density at radius 1 is 1.40 bits per heavy atom. The van der Waals surface area contributed by atoms with E-state index in [0.717, 1.165) is 61.1 Å². The molecule has 2 rings (SSSR count). The smallest absolute Gasteiger partial charge is 0.194 e. The molecule has 0 amide bonds. The van der Waals surface area contributed by atoms with Gasteiger partial charge in [0.1, 0.15) is 0 Å². The number of piperidine rings is 1. The lowest BCUT2D eigenvalue weighted by Gasteiger charge is -2.34. The Labute approximate surface area is 157 Å². The van der Waals surface area contributed by atoms with Gasteiger partial charge in [-0.15, -0.1) is 11.3 Å². The first-order chi connectivity index (χ1) is 12.0. The summed E-state index contributed by atoms with van der Waals surface area (Å²) in [6, 6.07) is 0. The number of aromatic nitrogens is 1. The molecule has 0 bridgehead atoms. The van der Waals surface area contributed by atoms with Crippen molar-refractivity contribution in [3.05, 3.63) is 16.1 Å². The van der Waals surface area contributed by atoms with Crippen LogP contribution in [0.1, 0.15) is 44.3 Å². The van der Waals surface area contributed by atoms with E-state index in [4.69, 9.17) is 4.99 Å². The van der Waals surface area contributed by atoms with E-state index in [1.54, 1.807) is 11.3 Å². The number of thiazole rings is 1. The Kier molecular flexibility index (Phi) is 8.16. The normalized spacial score (nSPS) is 22.2. The van der Waals surface area contributed by atoms with Crippen LogP contribution in [0.15, 0.2) is 10.4 Å². The molecule has 25 heavy (non-hydrogen) atoms. The third-order valence-electron chi connectivity index (χ3n) is 4.60. The molecular weight excluding hydrogens is 330 g/mol. The molecule has 0 spiro atoms. The van der Waals surface area contributed by atoms with Crippen molar-refractivity contribution in [1.29, 1.82) is 0 Å². The fraction of sp³-hybridized carbons (Fsp3) is 0.789. The van der Waals surface area contributed by atoms with E-state index in [2.05, 4.69) is 60.2 Å². The van der Waals surface area contributed by atoms with Crippen LogP contribution in [0.2, 0.25) is 0 Å². The van der Waals surface area contributed by atoms with Gasteiger partial charge in [0, 0.05) is 38.6 Å². The Morgan fingerprint density at radius 2 is 2.12 bits per heavy atom. The average molecular weight is 366 g/mol. The molecule has 1 N–H and O–H groups in total. The predicted molar refractivity (Wildman–Crippen MR) is 108 cm³/mol. The van der Waals surface area contributed by atoms with Gasteiger partial charge in [-0.25, -0.2) is 4.98 Å². The molecule has 1 aromatic rings. The van der Waals surface area contributed by atoms with Gasteiger partial charge < -0.3 is 15.1 Å². The van der Waals surface area contributed by atoms with Crippen molar-refractivity contribution >= 4 is 17.3 Å². The fourth-order valence-corrected chi connectivity index (χ4v) is 4.33. The molecule has 1 saturated heterocycles. The summed E-state index contributed by atoms with van der Waals surface area (Å²) in [6.07, 6.45) is 2.50. The molecular formula is C19H35N5S. The number of rotatable bonds is 7. The number of likely N-dealkylation sites (tertiary alicyclic amines) is 1. The third kappa shape index (κ3) is 6.94. The molecule has 2 atom stereocenters. The summed E-state index contributed by atoms with van der Waals surface area (Å²) in [6.45, 7) is 15.1. The quantitative estimate of drug-likeness (QED) is 0.458. The molecule has 0 radical (unpaired) electrons. The summed E-state index contributed by atoms with van der Waals surface area (Å²) >= 11 is 1.71. The number of hydrogen-bond acceptors (Lipinski definition) is 4. The summed E-state index contributed by atoms with van der Waals surface area (Å²) in [5.41, 5.74) is 1.12. The van der Waals surface area contributed by atoms with Crippen molar-refractivity contribution in [2.75, 3.05) is 39.8 Å². The van der Waals surface area contributed by atoms with Gasteiger partial charge in [0.15, 0.2) is 5.96 Å². The van der Waals surface area contributed by atoms with Crippen LogP contribution in [0, 0.1) is 18.8 Å². The highest BCUT2D eigenvalue weighted by molar-refractivity contribution is 7.09. The zero-order valence-electron chi connectivity index (χ0n) is 16.6. The first-order valence-corrected chi connectivity index (χ1v) is 10.5. The topological polar surface area (TPSA) is 43.8 Å². The molecule has 1 fully saturated rings. The Hall–Kier alpha value is -1.14. The lowest BCUT2D eigenvalue weighted by Crippen LogP contribution is -2.40. The van der Waals surface area contributed by atoms with Crippen LogP contribution < -0.4 is 5.32 Å². The van der Waals surface area contributed by atoms with Gasteiger partial charge in [0.25, 0.3) is 0 Å². The number of aryl methyl sites for hydroxylation is 1. The van der Waals surface area contributed by atoms with E-state index >= 15 is 0 Å². The lowest BCUT2D eigenvalue weighted by molar-refractivity contribution is 0.140. The first kappa shape index (κ1) is 20.2. The van der Waals surface area contributed by atoms with Crippen molar-refractivity contribution in [3.8, 4) is 0 Å². The average Bonchev–Trinajstić information content (AvgIpc) is 2.94. The summed E-state index contributed by atoms with van der Waals surface area (Å²) in [5.74, 6) is 2.64. The van der Waals surface area contributed by atoms with Gasteiger partial charge in [-0.3, -0.25) is 4.99 Å². The number of nitrogens with one attached hydrogen (secondary N) is 1. The first-order valence-electron chi connectivity index (χ1n) is 9.60. The minimum atomic E-state index is 0.803. The molecule has 0 aliphatic carbocycles. The van der Waals surface area contributed by atoms with Crippen molar-refractivity contribution in [3.63, 3.8) is 0 Å². The second kappa shape index (κ2) is 10.1. The minimum Gasteiger partial charge on any atom is -0.357 e. The molecule has 1 aromatic heterocycles. The molecule has 142 valence electrons. The standard InChI is InChI=1S/C19H35N5S/c1-6-20-19(23(5)13-18-14-25-17(4)22-18)21-8-7-9-24-11-15(2)10-16(3)12-24/h14-16H,6-13H2,1-5H3,(H,20,21). The predicted octanol–water partition coefficient (Wildman–Crippen LogP) is 3.22. The zero-order valence-corrected chi connectivity index (χ0v) is 17.4. The van der Waals surface area contributed by atoms with E-state index in [9.17, 15) is 0 Å². The van der Waals surface area contributed by atoms with Gasteiger partial charge in [-0.05, 0) is 45.1 Å². The summed E-state index contributed by atoms with van der Waals surface area (Å²) in [5, 5.41) is 6.65. The maximum atomic E-state index is 4.82. The second-order valence-electron chi connectivity index (χ2n) is 7.51. The van der Waals surface area contributed by atoms with E-state index in [-0.39, 0.29) is 0 Å². The summed E-state index contributed by atoms with van der Waals surface area (Å²) in [4.78, 5) is 14.2. The van der Waals surface area contributed by atoms with Crippen LogP contribution in [-0.2, 0) is 6.54 Å². The Morgan fingerprint density at radius 3 is 2.72 bits per heavy atom. The summed E-state index contributed by atoms with van der Waals surface area (Å²) in [7, 11) is 2.09. The number of aliphatic imine (C=N–C) groups is 1. The fourth-order valence-electron chi connectivity index (χ4n) is 3.72. The van der Waals surface area contributed by atoms with Crippen molar-refractivity contribution in [2.24, 2.45) is 16.8 Å². The van der Waals surface area contributed by atoms with Crippen molar-refractivity contribution in [1.82, 2.24) is 20.1 Å². The molecule has 2 heterocycles. The largest absolute Gasteiger partial charge is 0.357 e. The maximum Gasteiger partial charge on any atom is 0.194 e. The highest BCUT2D eigenvalue weighted by Crippen LogP contribution is 2.20. The van der Waals surface area contributed by atoms with Gasteiger partial charge in [0.05, 0.1) is 17.2 Å². The summed E-state index contributed by atoms with van der Waals surface area (Å²) < 4.78 is 0. The van der Waals surface area contributed by atoms with Crippen molar-refractivity contribution in [2.45, 2.75) is 47.1 Å². The molecule has 5 nitrogen and oxygen atoms in total. The van der Waals surface area contributed by atoms with Gasteiger partial charge in [-0.1, -0.05) is 13.8 Å². The Balaban J connectivity index is 1.80. The lowest BCUT2D eigenvalue weighted by atomic mass is 9.92. The SMILES string of the molecule is CCNC(=NCCCN1CC(C)CC(C)C1)N(C)Cc1csc(C)n1. The van der Waals surface area contributed by atoms with E-state index in [0.29, 0.717) is 0 Å².